The molecule has 0 aromatic heterocycles. The Balaban J connectivity index is 0.00000341. The van der Waals surface area contributed by atoms with Crippen LogP contribution in [-0.2, 0) is 6.54 Å². The third kappa shape index (κ3) is 7.40. The van der Waals surface area contributed by atoms with Gasteiger partial charge in [0, 0.05) is 31.6 Å². The Labute approximate surface area is 201 Å². The Kier molecular flexibility index (Phi) is 10.0. The van der Waals surface area contributed by atoms with Gasteiger partial charge in [0.1, 0.15) is 0 Å². The zero-order chi connectivity index (χ0) is 21.2. The maximum absolute atomic E-state index is 11.4. The van der Waals surface area contributed by atoms with E-state index in [2.05, 4.69) is 64.2 Å². The number of nitrogens with zero attached hydrogens (tertiary/aromatic N) is 1. The number of guanidine groups is 1. The van der Waals surface area contributed by atoms with Crippen LogP contribution in [0.3, 0.4) is 0 Å². The lowest BCUT2D eigenvalue weighted by molar-refractivity contribution is 0.1000. The van der Waals surface area contributed by atoms with Crippen LogP contribution in [0, 0.1) is 0 Å². The van der Waals surface area contributed by atoms with Crippen LogP contribution in [0.1, 0.15) is 39.4 Å². The van der Waals surface area contributed by atoms with Gasteiger partial charge in [-0.1, -0.05) is 72.8 Å². The van der Waals surface area contributed by atoms with E-state index in [1.165, 1.54) is 11.1 Å². The maximum atomic E-state index is 11.4. The lowest BCUT2D eigenvalue weighted by Gasteiger charge is -2.19. The first kappa shape index (κ1) is 24.4. The van der Waals surface area contributed by atoms with Crippen LogP contribution in [0.15, 0.2) is 89.9 Å². The lowest BCUT2D eigenvalue weighted by atomic mass is 9.88. The summed E-state index contributed by atoms with van der Waals surface area (Å²) in [5, 5.41) is 6.69. The summed E-state index contributed by atoms with van der Waals surface area (Å²) in [5.41, 5.74) is 9.44. The zero-order valence-corrected chi connectivity index (χ0v) is 20.0. The number of nitrogens with two attached hydrogens (primary N) is 1. The predicted molar refractivity (Wildman–Crippen MR) is 138 cm³/mol. The zero-order valence-electron chi connectivity index (χ0n) is 17.6. The van der Waals surface area contributed by atoms with E-state index in [9.17, 15) is 4.79 Å². The minimum Gasteiger partial charge on any atom is -0.366 e. The fraction of sp³-hybridized carbons (Fsp3) is 0.200. The normalized spacial score (nSPS) is 11.0. The van der Waals surface area contributed by atoms with Crippen molar-refractivity contribution >= 4 is 35.8 Å². The van der Waals surface area contributed by atoms with Crippen LogP contribution in [0.5, 0.6) is 0 Å². The molecule has 6 heteroatoms. The van der Waals surface area contributed by atoms with Crippen molar-refractivity contribution in [2.75, 3.05) is 13.6 Å². The number of carbonyl (C=O) groups excluding carboxylic acids is 1. The van der Waals surface area contributed by atoms with Crippen molar-refractivity contribution in [2.45, 2.75) is 18.9 Å². The summed E-state index contributed by atoms with van der Waals surface area (Å²) in [5.74, 6) is 0.608. The first-order valence-electron chi connectivity index (χ1n) is 10.1. The van der Waals surface area contributed by atoms with Crippen molar-refractivity contribution in [2.24, 2.45) is 10.7 Å². The molecule has 0 heterocycles. The van der Waals surface area contributed by atoms with E-state index < -0.39 is 5.91 Å². The highest BCUT2D eigenvalue weighted by Crippen LogP contribution is 2.27. The number of hydrogen-bond acceptors (Lipinski definition) is 2. The molecule has 0 saturated carbocycles. The second-order valence-electron chi connectivity index (χ2n) is 7.08. The fourth-order valence-corrected chi connectivity index (χ4v) is 3.47. The van der Waals surface area contributed by atoms with E-state index in [-0.39, 0.29) is 24.0 Å². The van der Waals surface area contributed by atoms with E-state index >= 15 is 0 Å². The summed E-state index contributed by atoms with van der Waals surface area (Å²) >= 11 is 0. The summed E-state index contributed by atoms with van der Waals surface area (Å²) < 4.78 is 0. The summed E-state index contributed by atoms with van der Waals surface area (Å²) in [6.45, 7) is 1.33. The molecule has 31 heavy (non-hydrogen) atoms. The summed E-state index contributed by atoms with van der Waals surface area (Å²) in [6, 6.07) is 28.4. The third-order valence-electron chi connectivity index (χ3n) is 5.02. The molecular formula is C25H29IN4O. The molecule has 0 atom stereocenters. The van der Waals surface area contributed by atoms with Crippen molar-refractivity contribution in [3.8, 4) is 0 Å². The topological polar surface area (TPSA) is 79.5 Å². The van der Waals surface area contributed by atoms with Gasteiger partial charge in [-0.15, -0.1) is 24.0 Å². The van der Waals surface area contributed by atoms with Crippen LogP contribution in [0.4, 0.5) is 0 Å². The molecule has 0 bridgehead atoms. The van der Waals surface area contributed by atoms with Gasteiger partial charge in [0.2, 0.25) is 5.91 Å². The van der Waals surface area contributed by atoms with E-state index in [0.717, 1.165) is 24.5 Å². The number of aliphatic imine (C=N–C) groups is 1. The van der Waals surface area contributed by atoms with E-state index in [1.54, 1.807) is 19.2 Å². The molecule has 162 valence electrons. The third-order valence-corrected chi connectivity index (χ3v) is 5.02. The van der Waals surface area contributed by atoms with Crippen molar-refractivity contribution < 1.29 is 4.79 Å². The number of halogens is 1. The Bertz CT molecular complexity index is 938. The summed E-state index contributed by atoms with van der Waals surface area (Å²) in [7, 11) is 1.75. The fourth-order valence-electron chi connectivity index (χ4n) is 3.47. The molecule has 4 N–H and O–H groups in total. The standard InChI is InChI=1S/C25H28N4O.HI/c1-27-25(29-18-19-9-8-14-22(17-19)24(26)30)28-16-15-23(20-10-4-2-5-11-20)21-12-6-3-7-13-21;/h2-14,17,23H,15-16,18H2,1H3,(H2,26,30)(H2,27,28,29);1H. The average molecular weight is 528 g/mol. The molecule has 0 fully saturated rings. The molecule has 1 amide bonds. The van der Waals surface area contributed by atoms with Gasteiger partial charge < -0.3 is 16.4 Å². The van der Waals surface area contributed by atoms with Crippen LogP contribution < -0.4 is 16.4 Å². The second-order valence-corrected chi connectivity index (χ2v) is 7.08. The van der Waals surface area contributed by atoms with Gasteiger partial charge in [0.15, 0.2) is 5.96 Å². The first-order chi connectivity index (χ1) is 14.7. The van der Waals surface area contributed by atoms with E-state index in [0.29, 0.717) is 18.0 Å². The lowest BCUT2D eigenvalue weighted by Crippen LogP contribution is -2.37. The molecule has 0 aliphatic carbocycles. The molecule has 3 rings (SSSR count). The molecule has 3 aromatic carbocycles. The SMILES string of the molecule is CN=C(NCCC(c1ccccc1)c1ccccc1)NCc1cccc(C(N)=O)c1.I. The minimum absolute atomic E-state index is 0. The van der Waals surface area contributed by atoms with Crippen LogP contribution in [0.2, 0.25) is 0 Å². The molecule has 3 aromatic rings. The van der Waals surface area contributed by atoms with Crippen molar-refractivity contribution in [1.82, 2.24) is 10.6 Å². The Morgan fingerprint density at radius 1 is 0.903 bits per heavy atom. The largest absolute Gasteiger partial charge is 0.366 e. The van der Waals surface area contributed by atoms with Gasteiger partial charge in [0.05, 0.1) is 0 Å². The number of benzene rings is 3. The number of nitrogens with one attached hydrogen (secondary N) is 2. The Morgan fingerprint density at radius 2 is 1.52 bits per heavy atom. The van der Waals surface area contributed by atoms with Gasteiger partial charge in [-0.05, 0) is 35.2 Å². The number of primary amides is 1. The molecule has 0 unspecified atom stereocenters. The van der Waals surface area contributed by atoms with Gasteiger partial charge in [-0.25, -0.2) is 0 Å². The number of hydrogen-bond donors (Lipinski definition) is 3. The molecule has 0 spiro atoms. The number of carbonyl (C=O) groups is 1. The number of amides is 1. The highest BCUT2D eigenvalue weighted by Gasteiger charge is 2.13. The monoisotopic (exact) mass is 528 g/mol. The van der Waals surface area contributed by atoms with Gasteiger partial charge in [0.25, 0.3) is 0 Å². The number of rotatable bonds is 8. The Hall–Kier alpha value is -2.87. The highest BCUT2D eigenvalue weighted by molar-refractivity contribution is 14.0. The molecule has 0 saturated heterocycles. The van der Waals surface area contributed by atoms with E-state index in [1.807, 2.05) is 24.3 Å². The van der Waals surface area contributed by atoms with Crippen molar-refractivity contribution in [1.29, 1.82) is 0 Å². The maximum Gasteiger partial charge on any atom is 0.248 e. The van der Waals surface area contributed by atoms with E-state index in [4.69, 9.17) is 5.73 Å². The van der Waals surface area contributed by atoms with Crippen LogP contribution in [-0.4, -0.2) is 25.5 Å². The predicted octanol–water partition coefficient (Wildman–Crippen LogP) is 4.29. The van der Waals surface area contributed by atoms with Gasteiger partial charge >= 0.3 is 0 Å². The second kappa shape index (κ2) is 12.7. The van der Waals surface area contributed by atoms with Crippen molar-refractivity contribution in [3.05, 3.63) is 107 Å². The van der Waals surface area contributed by atoms with Gasteiger partial charge in [-0.2, -0.15) is 0 Å². The molecule has 0 radical (unpaired) electrons. The molecule has 0 aliphatic rings. The summed E-state index contributed by atoms with van der Waals surface area (Å²) in [6.07, 6.45) is 0.936. The average Bonchev–Trinajstić information content (AvgIpc) is 2.80. The molecule has 5 nitrogen and oxygen atoms in total. The van der Waals surface area contributed by atoms with Crippen molar-refractivity contribution in [3.63, 3.8) is 0 Å². The molecular weight excluding hydrogens is 499 g/mol. The first-order valence-corrected chi connectivity index (χ1v) is 10.1. The Morgan fingerprint density at radius 3 is 2.06 bits per heavy atom. The molecule has 0 aliphatic heterocycles. The minimum atomic E-state index is -0.424. The van der Waals surface area contributed by atoms with Gasteiger partial charge in [-0.3, -0.25) is 9.79 Å². The van der Waals surface area contributed by atoms with Crippen LogP contribution >= 0.6 is 24.0 Å². The highest BCUT2D eigenvalue weighted by atomic mass is 127. The smallest absolute Gasteiger partial charge is 0.248 e. The quantitative estimate of drug-likeness (QED) is 0.232. The van der Waals surface area contributed by atoms with Crippen LogP contribution in [0.25, 0.3) is 0 Å². The summed E-state index contributed by atoms with van der Waals surface area (Å²) in [4.78, 5) is 15.7.